The van der Waals surface area contributed by atoms with E-state index in [1.807, 2.05) is 13.0 Å². The third-order valence-electron chi connectivity index (χ3n) is 2.31. The Kier molecular flexibility index (Phi) is 3.17. The average Bonchev–Trinajstić information content (AvgIpc) is 2.73. The maximum atomic E-state index is 10.9. The van der Waals surface area contributed by atoms with Crippen LogP contribution in [0.15, 0.2) is 12.3 Å². The van der Waals surface area contributed by atoms with Gasteiger partial charge in [-0.15, -0.1) is 0 Å². The van der Waals surface area contributed by atoms with Crippen LogP contribution in [0.1, 0.15) is 24.5 Å². The number of nitrogens with zero attached hydrogens (tertiary/aromatic N) is 1. The van der Waals surface area contributed by atoms with Crippen LogP contribution in [0.25, 0.3) is 0 Å². The molecular formula is C11H14N2O3. The summed E-state index contributed by atoms with van der Waals surface area (Å²) in [6.45, 7) is 4.57. The van der Waals surface area contributed by atoms with Gasteiger partial charge in [0.05, 0.1) is 30.8 Å². The van der Waals surface area contributed by atoms with Crippen molar-refractivity contribution in [2.75, 3.05) is 18.5 Å². The number of nitrogens with one attached hydrogen (secondary N) is 1. The van der Waals surface area contributed by atoms with Crippen LogP contribution in [0.4, 0.5) is 5.69 Å². The first-order valence-electron chi connectivity index (χ1n) is 5.14. The SMILES string of the molecule is CC(=O)Nc1cnc(C2OCCO2)cc1C. The molecule has 0 bridgehead atoms. The van der Waals surface area contributed by atoms with E-state index >= 15 is 0 Å². The van der Waals surface area contributed by atoms with Crippen LogP contribution in [0.2, 0.25) is 0 Å². The first kappa shape index (κ1) is 11.0. The molecule has 0 atom stereocenters. The second-order valence-electron chi connectivity index (χ2n) is 3.68. The second kappa shape index (κ2) is 4.59. The van der Waals surface area contributed by atoms with Crippen LogP contribution in [0.3, 0.4) is 0 Å². The zero-order valence-electron chi connectivity index (χ0n) is 9.32. The molecule has 2 heterocycles. The van der Waals surface area contributed by atoms with Gasteiger partial charge in [-0.3, -0.25) is 9.78 Å². The first-order valence-corrected chi connectivity index (χ1v) is 5.14. The van der Waals surface area contributed by atoms with Gasteiger partial charge < -0.3 is 14.8 Å². The third kappa shape index (κ3) is 2.37. The fourth-order valence-electron chi connectivity index (χ4n) is 1.56. The maximum Gasteiger partial charge on any atom is 0.221 e. The Morgan fingerprint density at radius 1 is 1.50 bits per heavy atom. The molecule has 86 valence electrons. The van der Waals surface area contributed by atoms with Gasteiger partial charge in [-0.1, -0.05) is 0 Å². The largest absolute Gasteiger partial charge is 0.345 e. The Balaban J connectivity index is 2.18. The predicted octanol–water partition coefficient (Wildman–Crippen LogP) is 1.39. The minimum absolute atomic E-state index is 0.106. The number of hydrogen-bond acceptors (Lipinski definition) is 4. The highest BCUT2D eigenvalue weighted by Crippen LogP contribution is 2.24. The number of anilines is 1. The first-order chi connectivity index (χ1) is 7.66. The number of amides is 1. The fraction of sp³-hybridized carbons (Fsp3) is 0.455. The Hall–Kier alpha value is -1.46. The molecule has 0 saturated carbocycles. The summed E-state index contributed by atoms with van der Waals surface area (Å²) < 4.78 is 10.7. The average molecular weight is 222 g/mol. The van der Waals surface area contributed by atoms with E-state index < -0.39 is 0 Å². The van der Waals surface area contributed by atoms with E-state index in [1.165, 1.54) is 6.92 Å². The van der Waals surface area contributed by atoms with Gasteiger partial charge in [-0.25, -0.2) is 0 Å². The molecule has 0 aliphatic carbocycles. The van der Waals surface area contributed by atoms with E-state index in [1.54, 1.807) is 6.20 Å². The number of carbonyl (C=O) groups is 1. The molecule has 1 aliphatic heterocycles. The lowest BCUT2D eigenvalue weighted by molar-refractivity contribution is -0.114. The van der Waals surface area contributed by atoms with Crippen LogP contribution in [0, 0.1) is 6.92 Å². The standard InChI is InChI=1S/C11H14N2O3/c1-7-5-9(11-15-3-4-16-11)12-6-10(7)13-8(2)14/h5-6,11H,3-4H2,1-2H3,(H,13,14). The lowest BCUT2D eigenvalue weighted by Crippen LogP contribution is -2.09. The molecule has 1 N–H and O–H groups in total. The smallest absolute Gasteiger partial charge is 0.221 e. The molecule has 0 unspecified atom stereocenters. The summed E-state index contributed by atoms with van der Waals surface area (Å²) in [7, 11) is 0. The monoisotopic (exact) mass is 222 g/mol. The molecule has 0 spiro atoms. The summed E-state index contributed by atoms with van der Waals surface area (Å²) in [5.74, 6) is -0.106. The van der Waals surface area contributed by atoms with Crippen LogP contribution in [0.5, 0.6) is 0 Å². The van der Waals surface area contributed by atoms with Crippen LogP contribution < -0.4 is 5.32 Å². The van der Waals surface area contributed by atoms with Crippen molar-refractivity contribution in [3.05, 3.63) is 23.5 Å². The van der Waals surface area contributed by atoms with Crippen molar-refractivity contribution >= 4 is 11.6 Å². The van der Waals surface area contributed by atoms with Gasteiger partial charge in [-0.2, -0.15) is 0 Å². The minimum atomic E-state index is -0.370. The van der Waals surface area contributed by atoms with Crippen molar-refractivity contribution in [3.63, 3.8) is 0 Å². The number of pyridine rings is 1. The number of carbonyl (C=O) groups excluding carboxylic acids is 1. The van der Waals surface area contributed by atoms with Crippen molar-refractivity contribution < 1.29 is 14.3 Å². The van der Waals surface area contributed by atoms with Crippen molar-refractivity contribution in [1.82, 2.24) is 4.98 Å². The topological polar surface area (TPSA) is 60.5 Å². The predicted molar refractivity (Wildman–Crippen MR) is 57.9 cm³/mol. The maximum absolute atomic E-state index is 10.9. The Morgan fingerprint density at radius 2 is 2.19 bits per heavy atom. The van der Waals surface area contributed by atoms with Crippen molar-refractivity contribution in [2.45, 2.75) is 20.1 Å². The zero-order valence-corrected chi connectivity index (χ0v) is 9.32. The molecule has 1 aromatic heterocycles. The minimum Gasteiger partial charge on any atom is -0.345 e. The van der Waals surface area contributed by atoms with Crippen molar-refractivity contribution in [2.24, 2.45) is 0 Å². The van der Waals surface area contributed by atoms with Gasteiger partial charge in [0.25, 0.3) is 0 Å². The van der Waals surface area contributed by atoms with Crippen LogP contribution >= 0.6 is 0 Å². The fourth-order valence-corrected chi connectivity index (χ4v) is 1.56. The molecule has 2 rings (SSSR count). The van der Waals surface area contributed by atoms with E-state index in [0.29, 0.717) is 18.9 Å². The molecule has 16 heavy (non-hydrogen) atoms. The normalized spacial score (nSPS) is 16.4. The number of aryl methyl sites for hydroxylation is 1. The van der Waals surface area contributed by atoms with Crippen LogP contribution in [-0.2, 0) is 14.3 Å². The third-order valence-corrected chi connectivity index (χ3v) is 2.31. The number of hydrogen-bond donors (Lipinski definition) is 1. The summed E-state index contributed by atoms with van der Waals surface area (Å²) >= 11 is 0. The van der Waals surface area contributed by atoms with Crippen LogP contribution in [-0.4, -0.2) is 24.1 Å². The van der Waals surface area contributed by atoms with Gasteiger partial charge in [0.2, 0.25) is 12.2 Å². The highest BCUT2D eigenvalue weighted by Gasteiger charge is 2.20. The highest BCUT2D eigenvalue weighted by atomic mass is 16.7. The molecule has 1 aromatic rings. The van der Waals surface area contributed by atoms with Gasteiger partial charge in [0.1, 0.15) is 0 Å². The van der Waals surface area contributed by atoms with Crippen molar-refractivity contribution in [1.29, 1.82) is 0 Å². The molecule has 0 aromatic carbocycles. The molecule has 1 amide bonds. The summed E-state index contributed by atoms with van der Waals surface area (Å²) in [5, 5.41) is 2.71. The molecule has 1 saturated heterocycles. The summed E-state index contributed by atoms with van der Waals surface area (Å²) in [4.78, 5) is 15.1. The Morgan fingerprint density at radius 3 is 2.75 bits per heavy atom. The van der Waals surface area contributed by atoms with Gasteiger partial charge in [-0.05, 0) is 18.6 Å². The Bertz CT molecular complexity index is 400. The number of rotatable bonds is 2. The lowest BCUT2D eigenvalue weighted by Gasteiger charge is -2.11. The second-order valence-corrected chi connectivity index (χ2v) is 3.68. The molecule has 5 heteroatoms. The Labute approximate surface area is 93.8 Å². The molecule has 5 nitrogen and oxygen atoms in total. The van der Waals surface area contributed by atoms with E-state index in [-0.39, 0.29) is 12.2 Å². The molecule has 1 fully saturated rings. The van der Waals surface area contributed by atoms with Crippen molar-refractivity contribution in [3.8, 4) is 0 Å². The van der Waals surface area contributed by atoms with E-state index in [0.717, 1.165) is 11.3 Å². The molecule has 0 radical (unpaired) electrons. The molecular weight excluding hydrogens is 208 g/mol. The van der Waals surface area contributed by atoms with Gasteiger partial charge >= 0.3 is 0 Å². The number of aromatic nitrogens is 1. The zero-order chi connectivity index (χ0) is 11.5. The molecule has 1 aliphatic rings. The summed E-state index contributed by atoms with van der Waals surface area (Å²) in [6.07, 6.45) is 1.25. The summed E-state index contributed by atoms with van der Waals surface area (Å²) in [6, 6.07) is 1.86. The highest BCUT2D eigenvalue weighted by molar-refractivity contribution is 5.89. The van der Waals surface area contributed by atoms with Gasteiger partial charge in [0, 0.05) is 6.92 Å². The van der Waals surface area contributed by atoms with Gasteiger partial charge in [0.15, 0.2) is 0 Å². The van der Waals surface area contributed by atoms with E-state index in [9.17, 15) is 4.79 Å². The van der Waals surface area contributed by atoms with E-state index in [4.69, 9.17) is 9.47 Å². The quantitative estimate of drug-likeness (QED) is 0.821. The summed E-state index contributed by atoms with van der Waals surface area (Å²) in [5.41, 5.74) is 2.40. The number of ether oxygens (including phenoxy) is 2. The lowest BCUT2D eigenvalue weighted by atomic mass is 10.2. The van der Waals surface area contributed by atoms with E-state index in [2.05, 4.69) is 10.3 Å².